The molecule has 0 saturated heterocycles. The summed E-state index contributed by atoms with van der Waals surface area (Å²) in [5.41, 5.74) is 7.49. The van der Waals surface area contributed by atoms with Gasteiger partial charge in [0, 0.05) is 18.7 Å². The number of aryl methyl sites for hydroxylation is 1. The van der Waals surface area contributed by atoms with Gasteiger partial charge in [-0.3, -0.25) is 4.79 Å². The zero-order valence-electron chi connectivity index (χ0n) is 12.3. The first kappa shape index (κ1) is 14.8. The maximum Gasteiger partial charge on any atom is 0.255 e. The zero-order chi connectivity index (χ0) is 14.4. The maximum atomic E-state index is 12.4. The normalized spacial score (nSPS) is 11.1. The third-order valence-corrected chi connectivity index (χ3v) is 3.78. The first-order valence-corrected chi connectivity index (χ1v) is 7.59. The van der Waals surface area contributed by atoms with Crippen LogP contribution in [0.1, 0.15) is 44.6 Å². The molecule has 0 spiro atoms. The van der Waals surface area contributed by atoms with Crippen molar-refractivity contribution in [2.45, 2.75) is 52.1 Å². The first-order chi connectivity index (χ1) is 9.77. The molecule has 0 fully saturated rings. The smallest absolute Gasteiger partial charge is 0.255 e. The van der Waals surface area contributed by atoms with Gasteiger partial charge in [-0.25, -0.2) is 0 Å². The van der Waals surface area contributed by atoms with Crippen LogP contribution in [0.15, 0.2) is 35.1 Å². The van der Waals surface area contributed by atoms with Crippen LogP contribution >= 0.6 is 0 Å². The van der Waals surface area contributed by atoms with Gasteiger partial charge >= 0.3 is 0 Å². The number of pyridine rings is 1. The molecular weight excluding hydrogens is 248 g/mol. The van der Waals surface area contributed by atoms with E-state index in [1.807, 2.05) is 34.9 Å². The van der Waals surface area contributed by atoms with Crippen molar-refractivity contribution in [3.8, 4) is 0 Å². The molecule has 2 aromatic rings. The Balaban J connectivity index is 2.25. The quantitative estimate of drug-likeness (QED) is 0.785. The summed E-state index contributed by atoms with van der Waals surface area (Å²) >= 11 is 0. The van der Waals surface area contributed by atoms with Gasteiger partial charge in [0.25, 0.3) is 5.56 Å². The minimum absolute atomic E-state index is 0.0710. The number of fused-ring (bicyclic) bond motifs is 1. The van der Waals surface area contributed by atoms with E-state index in [2.05, 4.69) is 6.92 Å². The standard InChI is InChI=1S/C17H24N2O/c1-2-3-4-5-8-11-19-16-10-7-6-9-14(16)12-15(13-18)17(19)20/h6-7,9-10,12H,2-5,8,11,13,18H2,1H3. The molecule has 0 unspecified atom stereocenters. The van der Waals surface area contributed by atoms with Crippen molar-refractivity contribution in [2.75, 3.05) is 0 Å². The predicted octanol–water partition coefficient (Wildman–Crippen LogP) is 3.43. The number of rotatable bonds is 7. The fourth-order valence-electron chi connectivity index (χ4n) is 2.63. The fourth-order valence-corrected chi connectivity index (χ4v) is 2.63. The number of aromatic nitrogens is 1. The van der Waals surface area contributed by atoms with E-state index in [1.165, 1.54) is 25.7 Å². The Bertz CT molecular complexity index is 616. The van der Waals surface area contributed by atoms with Gasteiger partial charge < -0.3 is 10.3 Å². The average Bonchev–Trinajstić information content (AvgIpc) is 2.48. The van der Waals surface area contributed by atoms with Gasteiger partial charge in [0.1, 0.15) is 0 Å². The number of hydrogen-bond acceptors (Lipinski definition) is 2. The molecule has 108 valence electrons. The molecule has 2 N–H and O–H groups in total. The highest BCUT2D eigenvalue weighted by Gasteiger charge is 2.07. The minimum atomic E-state index is 0.0710. The molecule has 3 heteroatoms. The van der Waals surface area contributed by atoms with Crippen molar-refractivity contribution in [3.05, 3.63) is 46.2 Å². The van der Waals surface area contributed by atoms with Crippen LogP contribution in [-0.4, -0.2) is 4.57 Å². The Kier molecular flexibility index (Phi) is 5.36. The Labute approximate surface area is 120 Å². The summed E-state index contributed by atoms with van der Waals surface area (Å²) in [4.78, 5) is 12.4. The van der Waals surface area contributed by atoms with Crippen molar-refractivity contribution in [1.82, 2.24) is 4.57 Å². The molecule has 1 aromatic heterocycles. The van der Waals surface area contributed by atoms with Gasteiger partial charge in [0.15, 0.2) is 0 Å². The van der Waals surface area contributed by atoms with E-state index in [0.29, 0.717) is 12.1 Å². The van der Waals surface area contributed by atoms with E-state index in [9.17, 15) is 4.79 Å². The number of nitrogens with two attached hydrogens (primary N) is 1. The Morgan fingerprint density at radius 1 is 1.10 bits per heavy atom. The Hall–Kier alpha value is -1.61. The molecule has 1 aromatic carbocycles. The van der Waals surface area contributed by atoms with Crippen LogP contribution in [0.5, 0.6) is 0 Å². The van der Waals surface area contributed by atoms with Crippen molar-refractivity contribution in [1.29, 1.82) is 0 Å². The number of unbranched alkanes of at least 4 members (excludes halogenated alkanes) is 4. The van der Waals surface area contributed by atoms with Gasteiger partial charge in [-0.15, -0.1) is 0 Å². The largest absolute Gasteiger partial charge is 0.326 e. The topological polar surface area (TPSA) is 48.0 Å². The SMILES string of the molecule is CCCCCCCn1c(=O)c(CN)cc2ccccc21. The lowest BCUT2D eigenvalue weighted by Crippen LogP contribution is -2.25. The number of para-hydroxylation sites is 1. The summed E-state index contributed by atoms with van der Waals surface area (Å²) in [5.74, 6) is 0. The predicted molar refractivity (Wildman–Crippen MR) is 84.9 cm³/mol. The van der Waals surface area contributed by atoms with Crippen LogP contribution < -0.4 is 11.3 Å². The third-order valence-electron chi connectivity index (χ3n) is 3.78. The van der Waals surface area contributed by atoms with Crippen LogP contribution in [0, 0.1) is 0 Å². The molecule has 0 saturated carbocycles. The Morgan fingerprint density at radius 3 is 2.60 bits per heavy atom. The van der Waals surface area contributed by atoms with E-state index in [0.717, 1.165) is 23.9 Å². The number of benzene rings is 1. The molecule has 0 aliphatic rings. The van der Waals surface area contributed by atoms with Gasteiger partial charge in [-0.1, -0.05) is 50.8 Å². The van der Waals surface area contributed by atoms with Gasteiger partial charge in [-0.2, -0.15) is 0 Å². The molecule has 0 aliphatic carbocycles. The molecule has 0 radical (unpaired) electrons. The van der Waals surface area contributed by atoms with E-state index < -0.39 is 0 Å². The van der Waals surface area contributed by atoms with Crippen molar-refractivity contribution >= 4 is 10.9 Å². The second-order valence-corrected chi connectivity index (χ2v) is 5.30. The highest BCUT2D eigenvalue weighted by atomic mass is 16.1. The second-order valence-electron chi connectivity index (χ2n) is 5.30. The summed E-state index contributed by atoms with van der Waals surface area (Å²) in [6.07, 6.45) is 6.00. The van der Waals surface area contributed by atoms with Crippen LogP contribution in [0.2, 0.25) is 0 Å². The lowest BCUT2D eigenvalue weighted by Gasteiger charge is -2.12. The summed E-state index contributed by atoms with van der Waals surface area (Å²) in [5, 5.41) is 1.10. The second kappa shape index (κ2) is 7.25. The van der Waals surface area contributed by atoms with Crippen LogP contribution in [0.4, 0.5) is 0 Å². The lowest BCUT2D eigenvalue weighted by molar-refractivity contribution is 0.566. The number of nitrogens with zero attached hydrogens (tertiary/aromatic N) is 1. The van der Waals surface area contributed by atoms with Crippen molar-refractivity contribution < 1.29 is 0 Å². The van der Waals surface area contributed by atoms with Crippen LogP contribution in [0.25, 0.3) is 10.9 Å². The summed E-state index contributed by atoms with van der Waals surface area (Å²) < 4.78 is 1.89. The molecular formula is C17H24N2O. The van der Waals surface area contributed by atoms with E-state index >= 15 is 0 Å². The van der Waals surface area contributed by atoms with Crippen LogP contribution in [0.3, 0.4) is 0 Å². The summed E-state index contributed by atoms with van der Waals surface area (Å²) in [7, 11) is 0. The van der Waals surface area contributed by atoms with E-state index in [4.69, 9.17) is 5.73 Å². The average molecular weight is 272 g/mol. The van der Waals surface area contributed by atoms with Crippen molar-refractivity contribution in [3.63, 3.8) is 0 Å². The minimum Gasteiger partial charge on any atom is -0.326 e. The zero-order valence-corrected chi connectivity index (χ0v) is 12.3. The first-order valence-electron chi connectivity index (χ1n) is 7.59. The highest BCUT2D eigenvalue weighted by Crippen LogP contribution is 2.14. The maximum absolute atomic E-state index is 12.4. The van der Waals surface area contributed by atoms with Crippen molar-refractivity contribution in [2.24, 2.45) is 5.73 Å². The monoisotopic (exact) mass is 272 g/mol. The van der Waals surface area contributed by atoms with E-state index in [-0.39, 0.29) is 5.56 Å². The molecule has 0 aliphatic heterocycles. The molecule has 0 amide bonds. The molecule has 2 rings (SSSR count). The van der Waals surface area contributed by atoms with Gasteiger partial charge in [-0.05, 0) is 23.9 Å². The number of hydrogen-bond donors (Lipinski definition) is 1. The van der Waals surface area contributed by atoms with Gasteiger partial charge in [0.05, 0.1) is 5.52 Å². The molecule has 0 atom stereocenters. The summed E-state index contributed by atoms with van der Waals surface area (Å²) in [6, 6.07) is 9.96. The highest BCUT2D eigenvalue weighted by molar-refractivity contribution is 5.79. The molecule has 3 nitrogen and oxygen atoms in total. The summed E-state index contributed by atoms with van der Waals surface area (Å²) in [6.45, 7) is 3.30. The fraction of sp³-hybridized carbons (Fsp3) is 0.471. The van der Waals surface area contributed by atoms with E-state index in [1.54, 1.807) is 0 Å². The molecule has 0 bridgehead atoms. The third kappa shape index (κ3) is 3.28. The Morgan fingerprint density at radius 2 is 1.85 bits per heavy atom. The van der Waals surface area contributed by atoms with Gasteiger partial charge in [0.2, 0.25) is 0 Å². The molecule has 20 heavy (non-hydrogen) atoms. The van der Waals surface area contributed by atoms with Crippen LogP contribution in [-0.2, 0) is 13.1 Å². The molecule has 1 heterocycles. The lowest BCUT2D eigenvalue weighted by atomic mass is 10.1.